The van der Waals surface area contributed by atoms with E-state index >= 15 is 0 Å². The molecule has 5 heteroatoms. The molecule has 0 saturated heterocycles. The van der Waals surface area contributed by atoms with Crippen LogP contribution < -0.4 is 4.74 Å². The zero-order valence-corrected chi connectivity index (χ0v) is 10.2. The lowest BCUT2D eigenvalue weighted by molar-refractivity contribution is -0.137. The van der Waals surface area contributed by atoms with Gasteiger partial charge in [-0.25, -0.2) is 4.98 Å². The minimum atomic E-state index is -0.752. The first-order valence-corrected chi connectivity index (χ1v) is 5.52. The second-order valence-electron chi connectivity index (χ2n) is 3.91. The highest BCUT2D eigenvalue weighted by molar-refractivity contribution is 5.66. The zero-order valence-electron chi connectivity index (χ0n) is 10.2. The third kappa shape index (κ3) is 5.31. The molecule has 0 atom stereocenters. The number of carboxylic acid groups (broad SMARTS) is 1. The Morgan fingerprint density at radius 3 is 2.94 bits per heavy atom. The van der Waals surface area contributed by atoms with Crippen LogP contribution in [0.4, 0.5) is 0 Å². The Morgan fingerprint density at radius 1 is 1.53 bits per heavy atom. The van der Waals surface area contributed by atoms with Crippen molar-refractivity contribution in [1.29, 1.82) is 0 Å². The van der Waals surface area contributed by atoms with Crippen LogP contribution in [-0.4, -0.2) is 41.7 Å². The summed E-state index contributed by atoms with van der Waals surface area (Å²) in [7, 11) is 3.53. The van der Waals surface area contributed by atoms with Crippen molar-refractivity contribution >= 4 is 5.97 Å². The van der Waals surface area contributed by atoms with Crippen molar-refractivity contribution in [3.8, 4) is 5.88 Å². The van der Waals surface area contributed by atoms with Crippen LogP contribution in [0.1, 0.15) is 18.5 Å². The van der Waals surface area contributed by atoms with E-state index in [2.05, 4.69) is 4.98 Å². The average Bonchev–Trinajstić information content (AvgIpc) is 2.28. The van der Waals surface area contributed by atoms with Crippen molar-refractivity contribution in [1.82, 2.24) is 9.88 Å². The van der Waals surface area contributed by atoms with Gasteiger partial charge >= 0.3 is 5.97 Å². The van der Waals surface area contributed by atoms with Gasteiger partial charge in [-0.1, -0.05) is 6.07 Å². The Labute approximate surface area is 101 Å². The molecule has 0 spiro atoms. The van der Waals surface area contributed by atoms with E-state index in [4.69, 9.17) is 9.84 Å². The van der Waals surface area contributed by atoms with Crippen LogP contribution in [0.3, 0.4) is 0 Å². The quantitative estimate of drug-likeness (QED) is 0.777. The molecule has 0 amide bonds. The molecule has 5 nitrogen and oxygen atoms in total. The van der Waals surface area contributed by atoms with Crippen molar-refractivity contribution in [3.05, 3.63) is 23.9 Å². The molecule has 0 aliphatic carbocycles. The minimum absolute atomic E-state index is 0.204. The summed E-state index contributed by atoms with van der Waals surface area (Å²) in [4.78, 5) is 16.7. The molecule has 0 radical (unpaired) electrons. The fraction of sp³-hybridized carbons (Fsp3) is 0.500. The highest BCUT2D eigenvalue weighted by Crippen LogP contribution is 2.08. The van der Waals surface area contributed by atoms with Crippen molar-refractivity contribution in [2.45, 2.75) is 19.4 Å². The van der Waals surface area contributed by atoms with Crippen molar-refractivity contribution in [2.75, 3.05) is 20.7 Å². The number of carbonyl (C=O) groups is 1. The van der Waals surface area contributed by atoms with Crippen LogP contribution in [0.2, 0.25) is 0 Å². The number of ether oxygens (including phenoxy) is 1. The molecule has 0 saturated carbocycles. The highest BCUT2D eigenvalue weighted by atomic mass is 16.5. The summed E-state index contributed by atoms with van der Waals surface area (Å²) in [5, 5.41) is 8.54. The third-order valence-corrected chi connectivity index (χ3v) is 2.35. The molecule has 0 aliphatic heterocycles. The maximum absolute atomic E-state index is 10.4. The number of hydrogen-bond acceptors (Lipinski definition) is 4. The molecule has 1 rings (SSSR count). The number of hydrogen-bond donors (Lipinski definition) is 1. The van der Waals surface area contributed by atoms with Crippen LogP contribution in [0.15, 0.2) is 18.2 Å². The maximum Gasteiger partial charge on any atom is 0.303 e. The van der Waals surface area contributed by atoms with Crippen molar-refractivity contribution < 1.29 is 14.6 Å². The van der Waals surface area contributed by atoms with E-state index in [9.17, 15) is 4.79 Å². The molecule has 0 bridgehead atoms. The lowest BCUT2D eigenvalue weighted by Crippen LogP contribution is -2.20. The topological polar surface area (TPSA) is 62.7 Å². The summed E-state index contributed by atoms with van der Waals surface area (Å²) in [6.45, 7) is 1.43. The zero-order chi connectivity index (χ0) is 12.7. The van der Waals surface area contributed by atoms with E-state index in [1.54, 1.807) is 13.2 Å². The van der Waals surface area contributed by atoms with Crippen LogP contribution in [0.25, 0.3) is 0 Å². The maximum atomic E-state index is 10.4. The molecule has 1 N–H and O–H groups in total. The third-order valence-electron chi connectivity index (χ3n) is 2.35. The van der Waals surface area contributed by atoms with Gasteiger partial charge in [0.25, 0.3) is 0 Å². The van der Waals surface area contributed by atoms with Crippen LogP contribution in [-0.2, 0) is 11.3 Å². The number of methoxy groups -OCH3 is 1. The molecule has 17 heavy (non-hydrogen) atoms. The van der Waals surface area contributed by atoms with Gasteiger partial charge in [0.1, 0.15) is 0 Å². The standard InChI is InChI=1S/C12H18N2O3/c1-14(8-4-7-12(15)16)9-10-5-3-6-11(13-10)17-2/h3,5-6H,4,7-9H2,1-2H3,(H,15,16). The smallest absolute Gasteiger partial charge is 0.303 e. The van der Waals surface area contributed by atoms with E-state index in [-0.39, 0.29) is 6.42 Å². The molecule has 0 unspecified atom stereocenters. The Hall–Kier alpha value is -1.62. The van der Waals surface area contributed by atoms with Crippen LogP contribution >= 0.6 is 0 Å². The van der Waals surface area contributed by atoms with E-state index in [1.165, 1.54) is 0 Å². The first kappa shape index (κ1) is 13.4. The molecule has 94 valence electrons. The number of rotatable bonds is 7. The van der Waals surface area contributed by atoms with Gasteiger partial charge in [0, 0.05) is 19.0 Å². The van der Waals surface area contributed by atoms with Gasteiger partial charge < -0.3 is 14.7 Å². The molecule has 0 aromatic carbocycles. The second kappa shape index (κ2) is 6.85. The normalized spacial score (nSPS) is 10.5. The Morgan fingerprint density at radius 2 is 2.29 bits per heavy atom. The summed E-state index contributed by atoms with van der Waals surface area (Å²) in [6, 6.07) is 5.62. The summed E-state index contributed by atoms with van der Waals surface area (Å²) in [5.74, 6) is -0.153. The van der Waals surface area contributed by atoms with Gasteiger partial charge in [-0.2, -0.15) is 0 Å². The van der Waals surface area contributed by atoms with Crippen molar-refractivity contribution in [3.63, 3.8) is 0 Å². The number of aliphatic carboxylic acids is 1. The summed E-state index contributed by atoms with van der Waals surface area (Å²) < 4.78 is 5.04. The predicted molar refractivity (Wildman–Crippen MR) is 64.0 cm³/mol. The largest absolute Gasteiger partial charge is 0.481 e. The van der Waals surface area contributed by atoms with E-state index < -0.39 is 5.97 Å². The summed E-state index contributed by atoms with van der Waals surface area (Å²) in [5.41, 5.74) is 0.919. The second-order valence-corrected chi connectivity index (χ2v) is 3.91. The monoisotopic (exact) mass is 238 g/mol. The number of pyridine rings is 1. The molecule has 1 aromatic heterocycles. The molecule has 0 fully saturated rings. The van der Waals surface area contributed by atoms with Crippen LogP contribution in [0.5, 0.6) is 5.88 Å². The summed E-state index contributed by atoms with van der Waals surface area (Å²) in [6.07, 6.45) is 0.853. The fourth-order valence-corrected chi connectivity index (χ4v) is 1.52. The van der Waals surface area contributed by atoms with Gasteiger partial charge in [0.05, 0.1) is 12.8 Å². The van der Waals surface area contributed by atoms with Crippen LogP contribution in [0, 0.1) is 0 Å². The molecular formula is C12H18N2O3. The SMILES string of the molecule is COc1cccc(CN(C)CCCC(=O)O)n1. The van der Waals surface area contributed by atoms with E-state index in [0.717, 1.165) is 12.2 Å². The molecular weight excluding hydrogens is 220 g/mol. The number of nitrogens with zero attached hydrogens (tertiary/aromatic N) is 2. The Bertz CT molecular complexity index is 369. The Balaban J connectivity index is 2.38. The lowest BCUT2D eigenvalue weighted by Gasteiger charge is -2.15. The van der Waals surface area contributed by atoms with E-state index in [0.29, 0.717) is 18.8 Å². The fourth-order valence-electron chi connectivity index (χ4n) is 1.52. The number of carboxylic acids is 1. The average molecular weight is 238 g/mol. The van der Waals surface area contributed by atoms with Gasteiger partial charge in [-0.15, -0.1) is 0 Å². The molecule has 0 aliphatic rings. The first-order valence-electron chi connectivity index (χ1n) is 5.52. The van der Waals surface area contributed by atoms with Gasteiger partial charge in [0.2, 0.25) is 5.88 Å². The van der Waals surface area contributed by atoms with Crippen molar-refractivity contribution in [2.24, 2.45) is 0 Å². The van der Waals surface area contributed by atoms with Gasteiger partial charge in [-0.05, 0) is 26.1 Å². The van der Waals surface area contributed by atoms with Gasteiger partial charge in [0.15, 0.2) is 0 Å². The Kier molecular flexibility index (Phi) is 5.42. The summed E-state index contributed by atoms with van der Waals surface area (Å²) >= 11 is 0. The lowest BCUT2D eigenvalue weighted by atomic mass is 10.3. The molecule has 1 heterocycles. The predicted octanol–water partition coefficient (Wildman–Crippen LogP) is 1.39. The first-order chi connectivity index (χ1) is 8.11. The highest BCUT2D eigenvalue weighted by Gasteiger charge is 2.04. The van der Waals surface area contributed by atoms with Gasteiger partial charge in [-0.3, -0.25) is 4.79 Å². The minimum Gasteiger partial charge on any atom is -0.481 e. The van der Waals surface area contributed by atoms with E-state index in [1.807, 2.05) is 24.1 Å². The number of aromatic nitrogens is 1. The molecule has 1 aromatic rings.